The Morgan fingerprint density at radius 3 is 2.57 bits per heavy atom. The van der Waals surface area contributed by atoms with Crippen LogP contribution in [0.3, 0.4) is 0 Å². The van der Waals surface area contributed by atoms with Crippen LogP contribution >= 0.6 is 15.9 Å². The first kappa shape index (κ1) is 15.0. The maximum Gasteiger partial charge on any atom is 0.342 e. The number of carboxylic acid groups (broad SMARTS) is 1. The van der Waals surface area contributed by atoms with E-state index in [0.717, 1.165) is 10.0 Å². The predicted octanol–water partition coefficient (Wildman–Crippen LogP) is 3.63. The summed E-state index contributed by atoms with van der Waals surface area (Å²) in [6, 6.07) is 11.2. The highest BCUT2D eigenvalue weighted by Gasteiger charge is 2.25. The van der Waals surface area contributed by atoms with Gasteiger partial charge in [0.2, 0.25) is 0 Å². The molecule has 0 aliphatic carbocycles. The maximum absolute atomic E-state index is 11.1. The SMILES string of the molecule is O=C(O)c1cccc(OCc2ccccc2Br)c1[N+](=O)[O-]. The van der Waals surface area contributed by atoms with Crippen molar-refractivity contribution in [1.82, 2.24) is 0 Å². The predicted molar refractivity (Wildman–Crippen MR) is 78.5 cm³/mol. The monoisotopic (exact) mass is 351 g/mol. The van der Waals surface area contributed by atoms with E-state index in [1.165, 1.54) is 18.2 Å². The van der Waals surface area contributed by atoms with Crippen molar-refractivity contribution in [2.24, 2.45) is 0 Å². The fraction of sp³-hybridized carbons (Fsp3) is 0.0714. The Balaban J connectivity index is 2.32. The summed E-state index contributed by atoms with van der Waals surface area (Å²) in [5.74, 6) is -1.44. The van der Waals surface area contributed by atoms with Gasteiger partial charge in [-0.1, -0.05) is 40.2 Å². The fourth-order valence-electron chi connectivity index (χ4n) is 1.77. The number of nitro benzene ring substituents is 1. The van der Waals surface area contributed by atoms with Gasteiger partial charge in [-0.2, -0.15) is 0 Å². The first-order valence-corrected chi connectivity index (χ1v) is 6.67. The van der Waals surface area contributed by atoms with E-state index in [0.29, 0.717) is 0 Å². The van der Waals surface area contributed by atoms with E-state index in [-0.39, 0.29) is 12.4 Å². The van der Waals surface area contributed by atoms with Gasteiger partial charge < -0.3 is 9.84 Å². The van der Waals surface area contributed by atoms with Gasteiger partial charge in [0.25, 0.3) is 0 Å². The number of nitrogens with zero attached hydrogens (tertiary/aromatic N) is 1. The number of hydrogen-bond acceptors (Lipinski definition) is 4. The Hall–Kier alpha value is -2.41. The third-order valence-corrected chi connectivity index (χ3v) is 3.53. The van der Waals surface area contributed by atoms with E-state index in [1.54, 1.807) is 6.07 Å². The summed E-state index contributed by atoms with van der Waals surface area (Å²) in [7, 11) is 0. The number of carbonyl (C=O) groups is 1. The van der Waals surface area contributed by atoms with Crippen molar-refractivity contribution in [1.29, 1.82) is 0 Å². The van der Waals surface area contributed by atoms with Crippen molar-refractivity contribution in [2.45, 2.75) is 6.61 Å². The minimum atomic E-state index is -1.37. The summed E-state index contributed by atoms with van der Waals surface area (Å²) in [5, 5.41) is 20.1. The van der Waals surface area contributed by atoms with Gasteiger partial charge in [0.05, 0.1) is 4.92 Å². The van der Waals surface area contributed by atoms with Crippen molar-refractivity contribution in [3.05, 3.63) is 68.2 Å². The Labute approximate surface area is 128 Å². The summed E-state index contributed by atoms with van der Waals surface area (Å²) >= 11 is 3.35. The Morgan fingerprint density at radius 1 is 1.24 bits per heavy atom. The molecule has 6 nitrogen and oxygen atoms in total. The second-order valence-corrected chi connectivity index (χ2v) is 4.95. The Kier molecular flexibility index (Phi) is 4.54. The third kappa shape index (κ3) is 3.38. The first-order valence-electron chi connectivity index (χ1n) is 5.87. The number of ether oxygens (including phenoxy) is 1. The van der Waals surface area contributed by atoms with Crippen LogP contribution in [0, 0.1) is 10.1 Å². The van der Waals surface area contributed by atoms with Gasteiger partial charge in [-0.25, -0.2) is 4.79 Å². The van der Waals surface area contributed by atoms with Crippen molar-refractivity contribution in [2.75, 3.05) is 0 Å². The molecule has 2 aromatic carbocycles. The molecule has 21 heavy (non-hydrogen) atoms. The van der Waals surface area contributed by atoms with Crippen molar-refractivity contribution < 1.29 is 19.6 Å². The molecule has 108 valence electrons. The normalized spacial score (nSPS) is 10.1. The van der Waals surface area contributed by atoms with Crippen molar-refractivity contribution in [3.63, 3.8) is 0 Å². The second kappa shape index (κ2) is 6.36. The van der Waals surface area contributed by atoms with Crippen LogP contribution in [-0.2, 0) is 6.61 Å². The molecule has 2 rings (SSSR count). The number of benzene rings is 2. The van der Waals surface area contributed by atoms with Crippen LogP contribution in [0.2, 0.25) is 0 Å². The van der Waals surface area contributed by atoms with Gasteiger partial charge in [-0.15, -0.1) is 0 Å². The van der Waals surface area contributed by atoms with Crippen LogP contribution in [0.5, 0.6) is 5.75 Å². The molecule has 0 saturated heterocycles. The van der Waals surface area contributed by atoms with Gasteiger partial charge >= 0.3 is 11.7 Å². The highest BCUT2D eigenvalue weighted by molar-refractivity contribution is 9.10. The lowest BCUT2D eigenvalue weighted by molar-refractivity contribution is -0.386. The zero-order valence-electron chi connectivity index (χ0n) is 10.7. The van der Waals surface area contributed by atoms with E-state index in [4.69, 9.17) is 9.84 Å². The molecular weight excluding hydrogens is 342 g/mol. The zero-order valence-corrected chi connectivity index (χ0v) is 12.2. The van der Waals surface area contributed by atoms with Crippen LogP contribution in [0.4, 0.5) is 5.69 Å². The molecule has 0 aliphatic rings. The van der Waals surface area contributed by atoms with Crippen LogP contribution in [0.25, 0.3) is 0 Å². The van der Waals surface area contributed by atoms with E-state index in [1.807, 2.05) is 18.2 Å². The topological polar surface area (TPSA) is 89.7 Å². The number of carboxylic acids is 1. The van der Waals surface area contributed by atoms with Crippen LogP contribution in [0.15, 0.2) is 46.9 Å². The average Bonchev–Trinajstić information content (AvgIpc) is 2.45. The quantitative estimate of drug-likeness (QED) is 0.656. The van der Waals surface area contributed by atoms with E-state index in [2.05, 4.69) is 15.9 Å². The van der Waals surface area contributed by atoms with Gasteiger partial charge in [0.1, 0.15) is 12.2 Å². The molecule has 0 spiro atoms. The number of halogens is 1. The van der Waals surface area contributed by atoms with Gasteiger partial charge in [-0.05, 0) is 18.2 Å². The summed E-state index contributed by atoms with van der Waals surface area (Å²) in [6.07, 6.45) is 0. The molecule has 0 saturated carbocycles. The van der Waals surface area contributed by atoms with Crippen LogP contribution in [0.1, 0.15) is 15.9 Å². The third-order valence-electron chi connectivity index (χ3n) is 2.75. The molecule has 0 fully saturated rings. The summed E-state index contributed by atoms with van der Waals surface area (Å²) in [5.41, 5.74) is -0.144. The first-order chi connectivity index (χ1) is 10.0. The molecule has 2 aromatic rings. The molecule has 0 aromatic heterocycles. The van der Waals surface area contributed by atoms with Crippen molar-refractivity contribution >= 4 is 27.6 Å². The smallest absolute Gasteiger partial charge is 0.342 e. The fourth-order valence-corrected chi connectivity index (χ4v) is 2.17. The molecule has 0 amide bonds. The number of hydrogen-bond donors (Lipinski definition) is 1. The minimum absolute atomic E-state index is 0.0735. The number of rotatable bonds is 5. The number of nitro groups is 1. The standard InChI is InChI=1S/C14H10BrNO5/c15-11-6-2-1-4-9(11)8-21-12-7-3-5-10(14(17)18)13(12)16(19)20/h1-7H,8H2,(H,17,18). The largest absolute Gasteiger partial charge is 0.482 e. The maximum atomic E-state index is 11.1. The summed E-state index contributed by atoms with van der Waals surface area (Å²) < 4.78 is 6.23. The molecule has 0 radical (unpaired) electrons. The molecule has 0 unspecified atom stereocenters. The van der Waals surface area contributed by atoms with Crippen LogP contribution < -0.4 is 4.74 Å². The highest BCUT2D eigenvalue weighted by atomic mass is 79.9. The van der Waals surface area contributed by atoms with Gasteiger partial charge in [0, 0.05) is 10.0 Å². The van der Waals surface area contributed by atoms with Crippen molar-refractivity contribution in [3.8, 4) is 5.75 Å². The second-order valence-electron chi connectivity index (χ2n) is 4.09. The zero-order chi connectivity index (χ0) is 15.4. The molecule has 0 aliphatic heterocycles. The summed E-state index contributed by atoms with van der Waals surface area (Å²) in [6.45, 7) is 0.0886. The van der Waals surface area contributed by atoms with E-state index in [9.17, 15) is 14.9 Å². The molecular formula is C14H10BrNO5. The molecule has 0 atom stereocenters. The van der Waals surface area contributed by atoms with Gasteiger partial charge in [-0.3, -0.25) is 10.1 Å². The van der Waals surface area contributed by atoms with Gasteiger partial charge in [0.15, 0.2) is 5.75 Å². The number of para-hydroxylation sites is 1. The molecule has 0 heterocycles. The Bertz CT molecular complexity index is 702. The summed E-state index contributed by atoms with van der Waals surface area (Å²) in [4.78, 5) is 21.4. The number of aromatic carboxylic acids is 1. The lowest BCUT2D eigenvalue weighted by Crippen LogP contribution is -2.06. The average molecular weight is 352 g/mol. The Morgan fingerprint density at radius 2 is 1.95 bits per heavy atom. The van der Waals surface area contributed by atoms with Crippen LogP contribution in [-0.4, -0.2) is 16.0 Å². The minimum Gasteiger partial charge on any atom is -0.482 e. The lowest BCUT2D eigenvalue weighted by Gasteiger charge is -2.09. The molecule has 7 heteroatoms. The molecule has 1 N–H and O–H groups in total. The van der Waals surface area contributed by atoms with E-state index < -0.39 is 22.1 Å². The molecule has 0 bridgehead atoms. The highest BCUT2D eigenvalue weighted by Crippen LogP contribution is 2.32. The lowest BCUT2D eigenvalue weighted by atomic mass is 10.1. The van der Waals surface area contributed by atoms with E-state index >= 15 is 0 Å².